The van der Waals surface area contributed by atoms with Crippen LogP contribution in [0.3, 0.4) is 0 Å². The number of benzene rings is 2. The standard InChI is InChI=1S/C38H50FN5O6Si/c1-8-24-18-33(46)29(39)20-28(24)25-12-13-27-31(17-25)44(34-11-9-10-14-49-34)41-35(27)36-40-30-19-26(22-45)42(37(47)50-38(2,3)4)21-32(30)43(36)23-48-15-16-51(5,6)7/h12-13,17-18,20,22,26,34,46H,8-11,14-16,19,21,23H2,1-7H3. The van der Waals surface area contributed by atoms with Gasteiger partial charge >= 0.3 is 6.09 Å². The number of halogens is 1. The molecule has 1 amide bonds. The summed E-state index contributed by atoms with van der Waals surface area (Å²) in [5.74, 6) is -0.478. The Morgan fingerprint density at radius 2 is 1.96 bits per heavy atom. The molecule has 1 saturated heterocycles. The fourth-order valence-electron chi connectivity index (χ4n) is 6.73. The van der Waals surface area contributed by atoms with Gasteiger partial charge in [-0.1, -0.05) is 32.6 Å². The minimum atomic E-state index is -1.37. The Balaban J connectivity index is 1.50. The number of hydrogen-bond acceptors (Lipinski definition) is 8. The highest BCUT2D eigenvalue weighted by molar-refractivity contribution is 6.76. The first-order valence-electron chi connectivity index (χ1n) is 17.9. The van der Waals surface area contributed by atoms with Crippen LogP contribution in [0.4, 0.5) is 9.18 Å². The average Bonchev–Trinajstić information content (AvgIpc) is 3.63. The van der Waals surface area contributed by atoms with Gasteiger partial charge in [-0.3, -0.25) is 4.90 Å². The second-order valence-corrected chi connectivity index (χ2v) is 21.4. The zero-order valence-electron chi connectivity index (χ0n) is 30.8. The van der Waals surface area contributed by atoms with Gasteiger partial charge in [0.05, 0.1) is 29.5 Å². The summed E-state index contributed by atoms with van der Waals surface area (Å²) >= 11 is 0. The lowest BCUT2D eigenvalue weighted by molar-refractivity contribution is -0.113. The minimum absolute atomic E-state index is 0.124. The van der Waals surface area contributed by atoms with E-state index in [0.29, 0.717) is 42.4 Å². The van der Waals surface area contributed by atoms with Crippen molar-refractivity contribution in [3.8, 4) is 28.4 Å². The van der Waals surface area contributed by atoms with Crippen molar-refractivity contribution in [3.05, 3.63) is 53.1 Å². The van der Waals surface area contributed by atoms with E-state index in [4.69, 9.17) is 24.3 Å². The van der Waals surface area contributed by atoms with Crippen molar-refractivity contribution in [1.82, 2.24) is 24.2 Å². The first kappa shape index (κ1) is 36.7. The van der Waals surface area contributed by atoms with Gasteiger partial charge in [-0.05, 0) is 93.5 Å². The molecule has 2 aromatic heterocycles. The number of fused-ring (bicyclic) bond motifs is 2. The Morgan fingerprint density at radius 1 is 1.18 bits per heavy atom. The van der Waals surface area contributed by atoms with Crippen LogP contribution >= 0.6 is 0 Å². The molecule has 0 radical (unpaired) electrons. The lowest BCUT2D eigenvalue weighted by Gasteiger charge is -2.34. The Kier molecular flexibility index (Phi) is 10.4. The van der Waals surface area contributed by atoms with Crippen LogP contribution in [-0.2, 0) is 45.1 Å². The van der Waals surface area contributed by atoms with Crippen LogP contribution in [0.15, 0.2) is 30.3 Å². The molecule has 4 heterocycles. The van der Waals surface area contributed by atoms with Gasteiger partial charge in [0.15, 0.2) is 23.6 Å². The van der Waals surface area contributed by atoms with E-state index in [1.165, 1.54) is 17.0 Å². The molecule has 1 fully saturated rings. The number of aryl methyl sites for hydroxylation is 1. The van der Waals surface area contributed by atoms with Crippen molar-refractivity contribution in [2.75, 3.05) is 13.2 Å². The van der Waals surface area contributed by atoms with Crippen molar-refractivity contribution >= 4 is 31.4 Å². The van der Waals surface area contributed by atoms with E-state index in [1.807, 2.05) is 34.4 Å². The highest BCUT2D eigenvalue weighted by Gasteiger charge is 2.37. The number of aromatic nitrogens is 4. The molecule has 2 aliphatic rings. The summed E-state index contributed by atoms with van der Waals surface area (Å²) in [5.41, 5.74) is 4.48. The number of phenolic OH excluding ortho intramolecular Hbond substituents is 1. The van der Waals surface area contributed by atoms with Gasteiger partial charge in [0, 0.05) is 33.1 Å². The smallest absolute Gasteiger partial charge is 0.411 e. The van der Waals surface area contributed by atoms with Gasteiger partial charge in [0.1, 0.15) is 24.3 Å². The van der Waals surface area contributed by atoms with Crippen LogP contribution in [0.5, 0.6) is 5.75 Å². The first-order chi connectivity index (χ1) is 24.2. The lowest BCUT2D eigenvalue weighted by atomic mass is 9.96. The quantitative estimate of drug-likeness (QED) is 0.100. The molecule has 13 heteroatoms. The summed E-state index contributed by atoms with van der Waals surface area (Å²) in [6, 6.07) is 9.02. The van der Waals surface area contributed by atoms with Crippen molar-refractivity contribution in [2.24, 2.45) is 0 Å². The van der Waals surface area contributed by atoms with E-state index in [9.17, 15) is 19.1 Å². The van der Waals surface area contributed by atoms with Crippen molar-refractivity contribution < 1.29 is 33.3 Å². The molecule has 2 aromatic carbocycles. The maximum Gasteiger partial charge on any atom is 0.411 e. The molecule has 2 aliphatic heterocycles. The third kappa shape index (κ3) is 7.90. The summed E-state index contributed by atoms with van der Waals surface area (Å²) < 4.78 is 36.8. The molecule has 6 rings (SSSR count). The van der Waals surface area contributed by atoms with E-state index < -0.39 is 31.6 Å². The van der Waals surface area contributed by atoms with Crippen molar-refractivity contribution in [1.29, 1.82) is 0 Å². The molecule has 274 valence electrons. The number of aldehydes is 1. The number of phenols is 1. The number of amides is 1. The average molecular weight is 720 g/mol. The van der Waals surface area contributed by atoms with Crippen molar-refractivity contribution in [2.45, 2.75) is 117 Å². The van der Waals surface area contributed by atoms with E-state index in [-0.39, 0.29) is 31.7 Å². The Labute approximate surface area is 299 Å². The number of ether oxygens (including phenoxy) is 3. The van der Waals surface area contributed by atoms with Gasteiger partial charge in [0.2, 0.25) is 0 Å². The maximum atomic E-state index is 14.7. The van der Waals surface area contributed by atoms with E-state index in [0.717, 1.165) is 59.3 Å². The van der Waals surface area contributed by atoms with Crippen molar-refractivity contribution in [3.63, 3.8) is 0 Å². The number of hydrogen-bond donors (Lipinski definition) is 1. The fraction of sp³-hybridized carbons (Fsp3) is 0.526. The van der Waals surface area contributed by atoms with Gasteiger partial charge in [-0.2, -0.15) is 5.10 Å². The van der Waals surface area contributed by atoms with E-state index in [1.54, 1.807) is 20.8 Å². The zero-order chi connectivity index (χ0) is 36.7. The number of aromatic hydroxyl groups is 1. The number of nitrogens with zero attached hydrogens (tertiary/aromatic N) is 5. The van der Waals surface area contributed by atoms with E-state index >= 15 is 0 Å². The largest absolute Gasteiger partial charge is 0.505 e. The molecule has 4 aromatic rings. The second kappa shape index (κ2) is 14.5. The monoisotopic (exact) mass is 719 g/mol. The molecule has 1 N–H and O–H groups in total. The van der Waals surface area contributed by atoms with E-state index in [2.05, 4.69) is 19.6 Å². The highest BCUT2D eigenvalue weighted by atomic mass is 28.3. The molecule has 2 atom stereocenters. The topological polar surface area (TPSA) is 121 Å². The molecule has 11 nitrogen and oxygen atoms in total. The third-order valence-corrected chi connectivity index (χ3v) is 11.2. The Morgan fingerprint density at radius 3 is 2.63 bits per heavy atom. The molecule has 2 unspecified atom stereocenters. The predicted molar refractivity (Wildman–Crippen MR) is 196 cm³/mol. The van der Waals surface area contributed by atoms with Gasteiger partial charge in [-0.25, -0.2) is 18.9 Å². The lowest BCUT2D eigenvalue weighted by Crippen LogP contribution is -2.47. The van der Waals surface area contributed by atoms with Crippen LogP contribution in [-0.4, -0.2) is 74.6 Å². The molecule has 0 aliphatic carbocycles. The normalized spacial score (nSPS) is 18.2. The van der Waals surface area contributed by atoms with Crippen LogP contribution in [0.1, 0.15) is 70.1 Å². The zero-order valence-corrected chi connectivity index (χ0v) is 31.8. The fourth-order valence-corrected chi connectivity index (χ4v) is 7.49. The third-order valence-electron chi connectivity index (χ3n) is 9.49. The summed E-state index contributed by atoms with van der Waals surface area (Å²) in [7, 11) is -1.37. The van der Waals surface area contributed by atoms with Gasteiger partial charge < -0.3 is 28.7 Å². The molecular formula is C38H50FN5O6Si. The van der Waals surface area contributed by atoms with Crippen LogP contribution < -0.4 is 0 Å². The maximum absolute atomic E-state index is 14.7. The Hall–Kier alpha value is -4.07. The number of imidazole rings is 1. The number of rotatable bonds is 10. The Bertz CT molecular complexity index is 1920. The van der Waals surface area contributed by atoms with Crippen LogP contribution in [0, 0.1) is 5.82 Å². The molecular weight excluding hydrogens is 670 g/mol. The second-order valence-electron chi connectivity index (χ2n) is 15.8. The molecule has 0 bridgehead atoms. The van der Waals surface area contributed by atoms with Crippen LogP contribution in [0.25, 0.3) is 33.5 Å². The number of carbonyl (C=O) groups is 2. The summed E-state index contributed by atoms with van der Waals surface area (Å²) in [5, 5.41) is 16.1. The summed E-state index contributed by atoms with van der Waals surface area (Å²) in [6.45, 7) is 15.8. The van der Waals surface area contributed by atoms with Gasteiger partial charge in [0.25, 0.3) is 0 Å². The SMILES string of the molecule is CCc1cc(O)c(F)cc1-c1ccc2c(-c3nc4c(n3COCC[Si](C)(C)C)CN(C(=O)OC(C)(C)C)C(C=O)C4)nn(C3CCCCO3)c2c1. The summed E-state index contributed by atoms with van der Waals surface area (Å²) in [4.78, 5) is 32.3. The molecule has 51 heavy (non-hydrogen) atoms. The first-order valence-corrected chi connectivity index (χ1v) is 21.6. The minimum Gasteiger partial charge on any atom is -0.505 e. The summed E-state index contributed by atoms with van der Waals surface area (Å²) in [6.07, 6.45) is 3.50. The van der Waals surface area contributed by atoms with Crippen LogP contribution in [0.2, 0.25) is 25.7 Å². The molecule has 0 spiro atoms. The predicted octanol–water partition coefficient (Wildman–Crippen LogP) is 7.85. The van der Waals surface area contributed by atoms with Gasteiger partial charge in [-0.15, -0.1) is 0 Å². The molecule has 0 saturated carbocycles. The highest BCUT2D eigenvalue weighted by Crippen LogP contribution is 2.38. The number of carbonyl (C=O) groups excluding carboxylic acids is 2.